The molecule has 0 aromatic carbocycles. The first kappa shape index (κ1) is 18.7. The second kappa shape index (κ2) is 15.8. The van der Waals surface area contributed by atoms with Crippen LogP contribution >= 0.6 is 0 Å². The van der Waals surface area contributed by atoms with Gasteiger partial charge in [0.25, 0.3) is 0 Å². The third-order valence-corrected chi connectivity index (χ3v) is 4.16. The lowest BCUT2D eigenvalue weighted by atomic mass is 9.96. The first-order valence-corrected chi connectivity index (χ1v) is 8.92. The zero-order chi connectivity index (χ0) is 14.2. The second-order valence-corrected chi connectivity index (χ2v) is 6.30. The van der Waals surface area contributed by atoms with Crippen LogP contribution in [0.1, 0.15) is 104 Å². The first-order valence-electron chi connectivity index (χ1n) is 8.92. The van der Waals surface area contributed by atoms with Crippen molar-refractivity contribution in [2.75, 3.05) is 0 Å². The maximum atomic E-state index is 3.78. The smallest absolute Gasteiger partial charge is 0.0353 e. The molecule has 0 N–H and O–H groups in total. The summed E-state index contributed by atoms with van der Waals surface area (Å²) in [5, 5.41) is 0. The largest absolute Gasteiger partial charge is 0.103 e. The molecule has 0 aliphatic carbocycles. The lowest BCUT2D eigenvalue weighted by molar-refractivity contribution is 0.437. The molecule has 0 bridgehead atoms. The molecule has 19 heavy (non-hydrogen) atoms. The van der Waals surface area contributed by atoms with Crippen LogP contribution in [0.3, 0.4) is 0 Å². The van der Waals surface area contributed by atoms with Crippen molar-refractivity contribution in [2.24, 2.45) is 5.92 Å². The molecule has 0 aromatic rings. The minimum Gasteiger partial charge on any atom is -0.103 e. The molecule has 0 saturated carbocycles. The van der Waals surface area contributed by atoms with E-state index in [4.69, 9.17) is 0 Å². The molecule has 0 amide bonds. The van der Waals surface area contributed by atoms with Gasteiger partial charge in [0.2, 0.25) is 0 Å². The zero-order valence-electron chi connectivity index (χ0n) is 13.8. The average molecular weight is 267 g/mol. The zero-order valence-corrected chi connectivity index (χ0v) is 13.8. The van der Waals surface area contributed by atoms with E-state index in [1.807, 2.05) is 6.08 Å². The maximum absolute atomic E-state index is 3.78. The van der Waals surface area contributed by atoms with Gasteiger partial charge in [-0.3, -0.25) is 0 Å². The van der Waals surface area contributed by atoms with E-state index in [2.05, 4.69) is 20.4 Å². The second-order valence-electron chi connectivity index (χ2n) is 6.30. The normalized spacial score (nSPS) is 12.5. The van der Waals surface area contributed by atoms with Crippen molar-refractivity contribution in [3.8, 4) is 0 Å². The minimum atomic E-state index is 0.939. The Balaban J connectivity index is 3.09. The first-order chi connectivity index (χ1) is 9.31. The third-order valence-electron chi connectivity index (χ3n) is 4.16. The Hall–Kier alpha value is -0.260. The number of hydrogen-bond donors (Lipinski definition) is 0. The van der Waals surface area contributed by atoms with Crippen molar-refractivity contribution in [3.05, 3.63) is 12.7 Å². The van der Waals surface area contributed by atoms with Gasteiger partial charge in [0.05, 0.1) is 0 Å². The minimum absolute atomic E-state index is 0.939. The molecule has 0 heteroatoms. The van der Waals surface area contributed by atoms with Gasteiger partial charge in [0, 0.05) is 0 Å². The van der Waals surface area contributed by atoms with Gasteiger partial charge in [0.15, 0.2) is 0 Å². The molecule has 0 aromatic heterocycles. The van der Waals surface area contributed by atoms with Gasteiger partial charge in [-0.05, 0) is 18.8 Å². The summed E-state index contributed by atoms with van der Waals surface area (Å²) >= 11 is 0. The van der Waals surface area contributed by atoms with E-state index < -0.39 is 0 Å². The van der Waals surface area contributed by atoms with Gasteiger partial charge in [-0.2, -0.15) is 0 Å². The van der Waals surface area contributed by atoms with Crippen molar-refractivity contribution >= 4 is 0 Å². The van der Waals surface area contributed by atoms with Crippen molar-refractivity contribution in [3.63, 3.8) is 0 Å². The lowest BCUT2D eigenvalue weighted by Crippen LogP contribution is -1.95. The van der Waals surface area contributed by atoms with Gasteiger partial charge in [-0.25, -0.2) is 0 Å². The van der Waals surface area contributed by atoms with E-state index in [9.17, 15) is 0 Å². The molecule has 0 radical (unpaired) electrons. The van der Waals surface area contributed by atoms with Crippen LogP contribution in [0.4, 0.5) is 0 Å². The highest BCUT2D eigenvalue weighted by Crippen LogP contribution is 2.18. The predicted molar refractivity (Wildman–Crippen MR) is 89.7 cm³/mol. The number of unbranched alkanes of at least 4 members (excludes halogenated alkanes) is 10. The fourth-order valence-corrected chi connectivity index (χ4v) is 2.73. The quantitative estimate of drug-likeness (QED) is 0.216. The topological polar surface area (TPSA) is 0 Å². The van der Waals surface area contributed by atoms with Crippen LogP contribution in [0.25, 0.3) is 0 Å². The fraction of sp³-hybridized carbons (Fsp3) is 0.895. The van der Waals surface area contributed by atoms with Gasteiger partial charge in [0.1, 0.15) is 0 Å². The molecular formula is C19H38. The summed E-state index contributed by atoms with van der Waals surface area (Å²) in [6, 6.07) is 0. The van der Waals surface area contributed by atoms with Gasteiger partial charge in [-0.15, -0.1) is 6.58 Å². The highest BCUT2D eigenvalue weighted by atomic mass is 14.1. The summed E-state index contributed by atoms with van der Waals surface area (Å²) in [5.41, 5.74) is 0. The van der Waals surface area contributed by atoms with Crippen LogP contribution in [-0.2, 0) is 0 Å². The summed E-state index contributed by atoms with van der Waals surface area (Å²) in [6.45, 7) is 8.50. The number of hydrogen-bond acceptors (Lipinski definition) is 0. The van der Waals surface area contributed by atoms with Crippen molar-refractivity contribution < 1.29 is 0 Å². The molecule has 0 aliphatic heterocycles. The van der Waals surface area contributed by atoms with Crippen molar-refractivity contribution in [2.45, 2.75) is 104 Å². The van der Waals surface area contributed by atoms with Crippen LogP contribution in [-0.4, -0.2) is 0 Å². The molecule has 0 nitrogen and oxygen atoms in total. The van der Waals surface area contributed by atoms with Gasteiger partial charge < -0.3 is 0 Å². The van der Waals surface area contributed by atoms with Crippen molar-refractivity contribution in [1.82, 2.24) is 0 Å². The highest BCUT2D eigenvalue weighted by molar-refractivity contribution is 4.66. The van der Waals surface area contributed by atoms with Gasteiger partial charge >= 0.3 is 0 Å². The fourth-order valence-electron chi connectivity index (χ4n) is 2.73. The summed E-state index contributed by atoms with van der Waals surface area (Å²) in [6.07, 6.45) is 21.9. The number of allylic oxidation sites excluding steroid dienone is 1. The van der Waals surface area contributed by atoms with Crippen LogP contribution in [0.5, 0.6) is 0 Å². The molecule has 0 rings (SSSR count). The summed E-state index contributed by atoms with van der Waals surface area (Å²) in [7, 11) is 0. The van der Waals surface area contributed by atoms with E-state index in [1.54, 1.807) is 0 Å². The Morgan fingerprint density at radius 2 is 1.21 bits per heavy atom. The van der Waals surface area contributed by atoms with E-state index in [-0.39, 0.29) is 0 Å². The monoisotopic (exact) mass is 266 g/mol. The Bertz CT molecular complexity index is 171. The van der Waals surface area contributed by atoms with Gasteiger partial charge in [-0.1, -0.05) is 97.0 Å². The molecule has 0 saturated heterocycles. The molecule has 1 atom stereocenters. The van der Waals surface area contributed by atoms with Crippen LogP contribution in [0.15, 0.2) is 12.7 Å². The molecule has 0 heterocycles. The highest BCUT2D eigenvalue weighted by Gasteiger charge is 2.01. The van der Waals surface area contributed by atoms with Crippen LogP contribution < -0.4 is 0 Å². The Morgan fingerprint density at radius 3 is 1.74 bits per heavy atom. The third kappa shape index (κ3) is 15.7. The van der Waals surface area contributed by atoms with Crippen LogP contribution in [0.2, 0.25) is 0 Å². The molecule has 114 valence electrons. The maximum Gasteiger partial charge on any atom is -0.0353 e. The Labute approximate surface area is 123 Å². The molecule has 1 unspecified atom stereocenters. The van der Waals surface area contributed by atoms with E-state index in [0.29, 0.717) is 0 Å². The Kier molecular flexibility index (Phi) is 15.6. The molecule has 0 fully saturated rings. The van der Waals surface area contributed by atoms with Crippen molar-refractivity contribution in [1.29, 1.82) is 0 Å². The van der Waals surface area contributed by atoms with E-state index in [0.717, 1.165) is 5.92 Å². The predicted octanol–water partition coefficient (Wildman–Crippen LogP) is 7.29. The summed E-state index contributed by atoms with van der Waals surface area (Å²) in [4.78, 5) is 0. The standard InChI is InChI=1S/C19H38/c1-4-6-8-10-11-12-13-14-16-18-19(3)17-15-9-7-5-2/h5,19H,2,4,6-18H2,1,3H3. The van der Waals surface area contributed by atoms with Crippen LogP contribution in [0, 0.1) is 5.92 Å². The molecular weight excluding hydrogens is 228 g/mol. The summed E-state index contributed by atoms with van der Waals surface area (Å²) in [5.74, 6) is 0.939. The average Bonchev–Trinajstić information content (AvgIpc) is 2.42. The lowest BCUT2D eigenvalue weighted by Gasteiger charge is -2.10. The summed E-state index contributed by atoms with van der Waals surface area (Å²) < 4.78 is 0. The molecule has 0 aliphatic rings. The Morgan fingerprint density at radius 1 is 0.737 bits per heavy atom. The number of rotatable bonds is 15. The van der Waals surface area contributed by atoms with E-state index in [1.165, 1.54) is 89.9 Å². The SMILES string of the molecule is C=CCCCCC(C)CCCCCCCCCCC. The molecule has 0 spiro atoms. The van der Waals surface area contributed by atoms with E-state index >= 15 is 0 Å².